The molecule has 0 aromatic carbocycles. The Kier molecular flexibility index (Phi) is 4.07. The van der Waals surface area contributed by atoms with E-state index in [-0.39, 0.29) is 6.54 Å². The zero-order valence-corrected chi connectivity index (χ0v) is 8.03. The van der Waals surface area contributed by atoms with Crippen LogP contribution in [0.15, 0.2) is 24.4 Å². The van der Waals surface area contributed by atoms with Gasteiger partial charge in [0.1, 0.15) is 12.4 Å². The molecule has 0 spiro atoms. The van der Waals surface area contributed by atoms with Crippen LogP contribution in [0.5, 0.6) is 5.88 Å². The molecule has 76 valence electrons. The molecule has 2 N–H and O–H groups in total. The van der Waals surface area contributed by atoms with E-state index in [1.807, 2.05) is 19.1 Å². The van der Waals surface area contributed by atoms with Crippen LogP contribution in [0.25, 0.3) is 0 Å². The van der Waals surface area contributed by atoms with Crippen LogP contribution in [0.2, 0.25) is 0 Å². The molecule has 0 bridgehead atoms. The molecule has 1 heterocycles. The van der Waals surface area contributed by atoms with E-state index in [1.54, 1.807) is 0 Å². The second-order valence-corrected chi connectivity index (χ2v) is 2.70. The summed E-state index contributed by atoms with van der Waals surface area (Å²) in [5, 5.41) is 0. The van der Waals surface area contributed by atoms with E-state index in [4.69, 9.17) is 10.5 Å². The van der Waals surface area contributed by atoms with Gasteiger partial charge in [0.05, 0.1) is 6.20 Å². The lowest BCUT2D eigenvalue weighted by Gasteiger charge is -2.06. The van der Waals surface area contributed by atoms with E-state index in [0.29, 0.717) is 18.1 Å². The van der Waals surface area contributed by atoms with Gasteiger partial charge in [-0.05, 0) is 13.0 Å². The van der Waals surface area contributed by atoms with Crippen LogP contribution >= 0.6 is 0 Å². The van der Waals surface area contributed by atoms with E-state index >= 15 is 0 Å². The average molecular weight is 196 g/mol. The van der Waals surface area contributed by atoms with Crippen molar-refractivity contribution in [3.8, 4) is 5.88 Å². The SMILES string of the molecule is C/C=C/COc1ncc(F)cc1CN. The Balaban J connectivity index is 2.74. The van der Waals surface area contributed by atoms with Crippen molar-refractivity contribution in [2.45, 2.75) is 13.5 Å². The molecule has 0 saturated carbocycles. The molecule has 0 aliphatic heterocycles. The van der Waals surface area contributed by atoms with E-state index in [9.17, 15) is 4.39 Å². The number of rotatable bonds is 4. The summed E-state index contributed by atoms with van der Waals surface area (Å²) in [6, 6.07) is 1.33. The van der Waals surface area contributed by atoms with Crippen molar-refractivity contribution in [2.75, 3.05) is 6.61 Å². The maximum absolute atomic E-state index is 12.7. The van der Waals surface area contributed by atoms with Gasteiger partial charge in [-0.25, -0.2) is 9.37 Å². The topological polar surface area (TPSA) is 48.1 Å². The molecule has 0 radical (unpaired) electrons. The number of aromatic nitrogens is 1. The van der Waals surface area contributed by atoms with Crippen molar-refractivity contribution in [3.05, 3.63) is 35.8 Å². The van der Waals surface area contributed by atoms with Crippen LogP contribution in [0.3, 0.4) is 0 Å². The molecular weight excluding hydrogens is 183 g/mol. The third-order valence-corrected chi connectivity index (χ3v) is 1.66. The standard InChI is InChI=1S/C10H13FN2O/c1-2-3-4-14-10-8(6-12)5-9(11)7-13-10/h2-3,5,7H,4,6,12H2,1H3/b3-2+. The maximum Gasteiger partial charge on any atom is 0.218 e. The zero-order valence-electron chi connectivity index (χ0n) is 8.03. The first-order valence-electron chi connectivity index (χ1n) is 4.36. The monoisotopic (exact) mass is 196 g/mol. The van der Waals surface area contributed by atoms with Gasteiger partial charge >= 0.3 is 0 Å². The van der Waals surface area contributed by atoms with Gasteiger partial charge in [0.2, 0.25) is 5.88 Å². The molecule has 1 aromatic heterocycles. The van der Waals surface area contributed by atoms with Crippen LogP contribution in [0.4, 0.5) is 4.39 Å². The smallest absolute Gasteiger partial charge is 0.218 e. The van der Waals surface area contributed by atoms with Gasteiger partial charge in [0.25, 0.3) is 0 Å². The van der Waals surface area contributed by atoms with Crippen LogP contribution in [-0.2, 0) is 6.54 Å². The lowest BCUT2D eigenvalue weighted by atomic mass is 10.3. The van der Waals surface area contributed by atoms with Crippen molar-refractivity contribution < 1.29 is 9.13 Å². The second-order valence-electron chi connectivity index (χ2n) is 2.70. The molecule has 0 amide bonds. The van der Waals surface area contributed by atoms with Crippen LogP contribution < -0.4 is 10.5 Å². The molecule has 14 heavy (non-hydrogen) atoms. The molecular formula is C10H13FN2O. The predicted octanol–water partition coefficient (Wildman–Crippen LogP) is 1.63. The number of nitrogens with two attached hydrogens (primary N) is 1. The number of ether oxygens (including phenoxy) is 1. The Morgan fingerprint density at radius 3 is 3.07 bits per heavy atom. The number of hydrogen-bond donors (Lipinski definition) is 1. The van der Waals surface area contributed by atoms with E-state index in [0.717, 1.165) is 6.20 Å². The van der Waals surface area contributed by atoms with Crippen LogP contribution in [0, 0.1) is 5.82 Å². The van der Waals surface area contributed by atoms with E-state index in [2.05, 4.69) is 4.98 Å². The minimum absolute atomic E-state index is 0.218. The number of nitrogens with zero attached hydrogens (tertiary/aromatic N) is 1. The summed E-state index contributed by atoms with van der Waals surface area (Å²) in [7, 11) is 0. The molecule has 0 fully saturated rings. The normalized spacial score (nSPS) is 10.8. The number of allylic oxidation sites excluding steroid dienone is 1. The molecule has 1 aromatic rings. The highest BCUT2D eigenvalue weighted by atomic mass is 19.1. The minimum Gasteiger partial charge on any atom is -0.473 e. The van der Waals surface area contributed by atoms with E-state index < -0.39 is 5.82 Å². The molecule has 0 aliphatic carbocycles. The van der Waals surface area contributed by atoms with Gasteiger partial charge in [0.15, 0.2) is 0 Å². The average Bonchev–Trinajstić information content (AvgIpc) is 2.20. The third kappa shape index (κ3) is 2.81. The molecule has 0 unspecified atom stereocenters. The summed E-state index contributed by atoms with van der Waals surface area (Å²) in [6.07, 6.45) is 4.82. The molecule has 4 heteroatoms. The Bertz CT molecular complexity index is 326. The maximum atomic E-state index is 12.7. The lowest BCUT2D eigenvalue weighted by molar-refractivity contribution is 0.342. The molecule has 0 saturated heterocycles. The Morgan fingerprint density at radius 2 is 2.43 bits per heavy atom. The molecule has 1 rings (SSSR count). The van der Waals surface area contributed by atoms with Crippen molar-refractivity contribution in [2.24, 2.45) is 5.73 Å². The first kappa shape index (κ1) is 10.7. The first-order chi connectivity index (χ1) is 6.77. The van der Waals surface area contributed by atoms with Crippen LogP contribution in [0.1, 0.15) is 12.5 Å². The van der Waals surface area contributed by atoms with Gasteiger partial charge in [-0.2, -0.15) is 0 Å². The minimum atomic E-state index is -0.399. The van der Waals surface area contributed by atoms with Gasteiger partial charge < -0.3 is 10.5 Å². The summed E-state index contributed by atoms with van der Waals surface area (Å²) in [4.78, 5) is 3.81. The van der Waals surface area contributed by atoms with Crippen molar-refractivity contribution in [1.82, 2.24) is 4.98 Å². The van der Waals surface area contributed by atoms with Gasteiger partial charge in [-0.3, -0.25) is 0 Å². The Hall–Kier alpha value is -1.42. The van der Waals surface area contributed by atoms with Crippen molar-refractivity contribution in [3.63, 3.8) is 0 Å². The highest BCUT2D eigenvalue weighted by Gasteiger charge is 2.04. The fourth-order valence-corrected chi connectivity index (χ4v) is 0.968. The van der Waals surface area contributed by atoms with Gasteiger partial charge in [-0.15, -0.1) is 0 Å². The zero-order chi connectivity index (χ0) is 10.4. The number of hydrogen-bond acceptors (Lipinski definition) is 3. The molecule has 3 nitrogen and oxygen atoms in total. The quantitative estimate of drug-likeness (QED) is 0.744. The first-order valence-corrected chi connectivity index (χ1v) is 4.36. The molecule has 0 aliphatic rings. The Morgan fingerprint density at radius 1 is 1.64 bits per heavy atom. The molecule has 0 atom stereocenters. The summed E-state index contributed by atoms with van der Waals surface area (Å²) in [6.45, 7) is 2.53. The fraction of sp³-hybridized carbons (Fsp3) is 0.300. The Labute approximate surface area is 82.4 Å². The third-order valence-electron chi connectivity index (χ3n) is 1.66. The summed E-state index contributed by atoms with van der Waals surface area (Å²) in [5.41, 5.74) is 6.00. The highest BCUT2D eigenvalue weighted by Crippen LogP contribution is 2.15. The highest BCUT2D eigenvalue weighted by molar-refractivity contribution is 5.25. The van der Waals surface area contributed by atoms with Gasteiger partial charge in [0, 0.05) is 12.1 Å². The van der Waals surface area contributed by atoms with Crippen molar-refractivity contribution >= 4 is 0 Å². The van der Waals surface area contributed by atoms with Gasteiger partial charge in [-0.1, -0.05) is 12.2 Å². The number of pyridine rings is 1. The fourth-order valence-electron chi connectivity index (χ4n) is 0.968. The second kappa shape index (κ2) is 5.34. The summed E-state index contributed by atoms with van der Waals surface area (Å²) >= 11 is 0. The summed E-state index contributed by atoms with van der Waals surface area (Å²) < 4.78 is 18.0. The predicted molar refractivity (Wildman–Crippen MR) is 52.4 cm³/mol. The largest absolute Gasteiger partial charge is 0.473 e. The summed E-state index contributed by atoms with van der Waals surface area (Å²) in [5.74, 6) is -0.00386. The van der Waals surface area contributed by atoms with E-state index in [1.165, 1.54) is 6.07 Å². The lowest BCUT2D eigenvalue weighted by Crippen LogP contribution is -2.05. The van der Waals surface area contributed by atoms with Crippen LogP contribution in [-0.4, -0.2) is 11.6 Å². The number of halogens is 1. The van der Waals surface area contributed by atoms with Crippen molar-refractivity contribution in [1.29, 1.82) is 0 Å².